The Hall–Kier alpha value is -1.51. The van der Waals surface area contributed by atoms with Crippen molar-refractivity contribution in [2.24, 2.45) is 0 Å². The second-order valence-corrected chi connectivity index (χ2v) is 5.33. The van der Waals surface area contributed by atoms with Gasteiger partial charge in [0.25, 0.3) is 0 Å². The van der Waals surface area contributed by atoms with Gasteiger partial charge in [0.05, 0.1) is 0 Å². The molecular formula is C16H26N2O. The highest BCUT2D eigenvalue weighted by Crippen LogP contribution is 2.21. The molecule has 0 saturated carbocycles. The second kappa shape index (κ2) is 7.17. The highest BCUT2D eigenvalue weighted by molar-refractivity contribution is 5.76. The molecule has 3 heteroatoms. The lowest BCUT2D eigenvalue weighted by atomic mass is 10.1. The largest absolute Gasteiger partial charge is 0.384 e. The minimum Gasteiger partial charge on any atom is -0.384 e. The molecule has 0 aromatic heterocycles. The fourth-order valence-corrected chi connectivity index (χ4v) is 2.21. The molecule has 3 nitrogen and oxygen atoms in total. The molecule has 0 spiro atoms. The lowest BCUT2D eigenvalue weighted by Crippen LogP contribution is -2.33. The van der Waals surface area contributed by atoms with Crippen molar-refractivity contribution >= 4 is 11.6 Å². The van der Waals surface area contributed by atoms with Gasteiger partial charge >= 0.3 is 0 Å². The van der Waals surface area contributed by atoms with Crippen LogP contribution in [-0.4, -0.2) is 18.5 Å². The maximum absolute atomic E-state index is 11.7. The van der Waals surface area contributed by atoms with E-state index in [0.29, 0.717) is 13.0 Å². The Morgan fingerprint density at radius 3 is 2.32 bits per heavy atom. The molecule has 0 radical (unpaired) electrons. The number of carbonyl (C=O) groups is 1. The lowest BCUT2D eigenvalue weighted by molar-refractivity contribution is -0.121. The summed E-state index contributed by atoms with van der Waals surface area (Å²) in [5.74, 6) is 0.115. The number of hydrogen-bond donors (Lipinski definition) is 2. The molecule has 106 valence electrons. The molecule has 1 unspecified atom stereocenters. The van der Waals surface area contributed by atoms with Gasteiger partial charge in [0.1, 0.15) is 0 Å². The summed E-state index contributed by atoms with van der Waals surface area (Å²) < 4.78 is 0. The zero-order chi connectivity index (χ0) is 14.4. The van der Waals surface area contributed by atoms with E-state index in [0.717, 1.165) is 12.1 Å². The second-order valence-electron chi connectivity index (χ2n) is 5.33. The molecule has 1 aromatic rings. The Labute approximate surface area is 116 Å². The molecule has 1 rings (SSSR count). The van der Waals surface area contributed by atoms with E-state index in [9.17, 15) is 4.79 Å². The predicted octanol–water partition coefficient (Wildman–Crippen LogP) is 3.33. The highest BCUT2D eigenvalue weighted by Gasteiger charge is 2.07. The van der Waals surface area contributed by atoms with Crippen LogP contribution < -0.4 is 10.6 Å². The zero-order valence-corrected chi connectivity index (χ0v) is 12.8. The van der Waals surface area contributed by atoms with E-state index in [2.05, 4.69) is 50.5 Å². The summed E-state index contributed by atoms with van der Waals surface area (Å²) in [6.07, 6.45) is 1.48. The zero-order valence-electron chi connectivity index (χ0n) is 12.8. The molecule has 0 aliphatic carbocycles. The summed E-state index contributed by atoms with van der Waals surface area (Å²) in [5.41, 5.74) is 4.90. The van der Waals surface area contributed by atoms with Crippen molar-refractivity contribution in [2.45, 2.75) is 53.5 Å². The van der Waals surface area contributed by atoms with Gasteiger partial charge in [0.2, 0.25) is 5.91 Å². The number of benzene rings is 1. The Morgan fingerprint density at radius 1 is 1.21 bits per heavy atom. The molecule has 1 aromatic carbocycles. The van der Waals surface area contributed by atoms with Crippen LogP contribution in [0, 0.1) is 20.8 Å². The van der Waals surface area contributed by atoms with Gasteiger partial charge in [-0.25, -0.2) is 0 Å². The first kappa shape index (κ1) is 15.5. The summed E-state index contributed by atoms with van der Waals surface area (Å²) in [4.78, 5) is 11.7. The molecule has 1 atom stereocenters. The standard InChI is InChI=1S/C16H26N2O/c1-6-14(5)18-15(19)7-8-17-16-12(3)9-11(2)10-13(16)4/h9-10,14,17H,6-8H2,1-5H3,(H,18,19). The van der Waals surface area contributed by atoms with E-state index in [1.165, 1.54) is 16.7 Å². The smallest absolute Gasteiger partial charge is 0.221 e. The number of hydrogen-bond acceptors (Lipinski definition) is 2. The van der Waals surface area contributed by atoms with Crippen molar-refractivity contribution in [2.75, 3.05) is 11.9 Å². The molecular weight excluding hydrogens is 236 g/mol. The van der Waals surface area contributed by atoms with Crippen LogP contribution in [0.4, 0.5) is 5.69 Å². The van der Waals surface area contributed by atoms with Crippen LogP contribution in [0.25, 0.3) is 0 Å². The fourth-order valence-electron chi connectivity index (χ4n) is 2.21. The van der Waals surface area contributed by atoms with E-state index in [4.69, 9.17) is 0 Å². The Balaban J connectivity index is 2.48. The van der Waals surface area contributed by atoms with Crippen LogP contribution in [0.15, 0.2) is 12.1 Å². The van der Waals surface area contributed by atoms with Gasteiger partial charge in [-0.1, -0.05) is 24.6 Å². The number of carbonyl (C=O) groups excluding carboxylic acids is 1. The van der Waals surface area contributed by atoms with Crippen LogP contribution in [0.1, 0.15) is 43.4 Å². The van der Waals surface area contributed by atoms with Gasteiger partial charge in [0.15, 0.2) is 0 Å². The number of nitrogens with one attached hydrogen (secondary N) is 2. The fraction of sp³-hybridized carbons (Fsp3) is 0.562. The lowest BCUT2D eigenvalue weighted by Gasteiger charge is -2.15. The van der Waals surface area contributed by atoms with Gasteiger partial charge < -0.3 is 10.6 Å². The van der Waals surface area contributed by atoms with Crippen LogP contribution in [0.2, 0.25) is 0 Å². The summed E-state index contributed by atoms with van der Waals surface area (Å²) in [6.45, 7) is 11.1. The predicted molar refractivity (Wildman–Crippen MR) is 81.7 cm³/mol. The summed E-state index contributed by atoms with van der Waals surface area (Å²) in [5, 5.41) is 6.34. The molecule has 0 saturated heterocycles. The Kier molecular flexibility index (Phi) is 5.87. The average Bonchev–Trinajstić information content (AvgIpc) is 2.32. The monoisotopic (exact) mass is 262 g/mol. The van der Waals surface area contributed by atoms with Gasteiger partial charge in [-0.3, -0.25) is 4.79 Å². The Morgan fingerprint density at radius 2 is 1.79 bits per heavy atom. The number of rotatable bonds is 6. The maximum Gasteiger partial charge on any atom is 0.221 e. The van der Waals surface area contributed by atoms with E-state index < -0.39 is 0 Å². The van der Waals surface area contributed by atoms with Crippen molar-refractivity contribution < 1.29 is 4.79 Å². The summed E-state index contributed by atoms with van der Waals surface area (Å²) in [7, 11) is 0. The van der Waals surface area contributed by atoms with Crippen LogP contribution in [0.3, 0.4) is 0 Å². The van der Waals surface area contributed by atoms with E-state index in [-0.39, 0.29) is 11.9 Å². The minimum absolute atomic E-state index is 0.115. The van der Waals surface area contributed by atoms with E-state index in [1.807, 2.05) is 6.92 Å². The quantitative estimate of drug-likeness (QED) is 0.825. The topological polar surface area (TPSA) is 41.1 Å². The van der Waals surface area contributed by atoms with E-state index >= 15 is 0 Å². The van der Waals surface area contributed by atoms with E-state index in [1.54, 1.807) is 0 Å². The highest BCUT2D eigenvalue weighted by atomic mass is 16.1. The van der Waals surface area contributed by atoms with Crippen molar-refractivity contribution in [3.63, 3.8) is 0 Å². The minimum atomic E-state index is 0.115. The van der Waals surface area contributed by atoms with Crippen molar-refractivity contribution in [3.05, 3.63) is 28.8 Å². The van der Waals surface area contributed by atoms with Gasteiger partial charge in [0, 0.05) is 24.7 Å². The number of amides is 1. The van der Waals surface area contributed by atoms with Crippen LogP contribution in [-0.2, 0) is 4.79 Å². The SMILES string of the molecule is CCC(C)NC(=O)CCNc1c(C)cc(C)cc1C. The van der Waals surface area contributed by atoms with Crippen molar-refractivity contribution in [3.8, 4) is 0 Å². The van der Waals surface area contributed by atoms with Gasteiger partial charge in [-0.05, 0) is 45.2 Å². The van der Waals surface area contributed by atoms with Gasteiger partial charge in [-0.2, -0.15) is 0 Å². The van der Waals surface area contributed by atoms with Crippen LogP contribution in [0.5, 0.6) is 0 Å². The normalized spacial score (nSPS) is 12.1. The first-order valence-electron chi connectivity index (χ1n) is 7.05. The molecule has 0 heterocycles. The van der Waals surface area contributed by atoms with Crippen LogP contribution >= 0.6 is 0 Å². The maximum atomic E-state index is 11.7. The molecule has 19 heavy (non-hydrogen) atoms. The molecule has 0 aliphatic rings. The molecule has 1 amide bonds. The third kappa shape index (κ3) is 4.93. The summed E-state index contributed by atoms with van der Waals surface area (Å²) in [6, 6.07) is 4.58. The Bertz CT molecular complexity index is 417. The first-order valence-corrected chi connectivity index (χ1v) is 7.05. The molecule has 2 N–H and O–H groups in total. The average molecular weight is 262 g/mol. The summed E-state index contributed by atoms with van der Waals surface area (Å²) >= 11 is 0. The number of aryl methyl sites for hydroxylation is 3. The van der Waals surface area contributed by atoms with Gasteiger partial charge in [-0.15, -0.1) is 0 Å². The van der Waals surface area contributed by atoms with Crippen molar-refractivity contribution in [1.29, 1.82) is 0 Å². The molecule has 0 aliphatic heterocycles. The first-order chi connectivity index (χ1) is 8.93. The molecule has 0 fully saturated rings. The number of anilines is 1. The third-order valence-electron chi connectivity index (χ3n) is 3.35. The van der Waals surface area contributed by atoms with Crippen molar-refractivity contribution in [1.82, 2.24) is 5.32 Å². The third-order valence-corrected chi connectivity index (χ3v) is 3.35. The molecule has 0 bridgehead atoms.